The molecule has 1 aromatic carbocycles. The molecule has 1 aromatic heterocycles. The maximum Gasteiger partial charge on any atom is 0.273 e. The molecule has 0 radical (unpaired) electrons. The summed E-state index contributed by atoms with van der Waals surface area (Å²) in [5, 5.41) is 3.27. The van der Waals surface area contributed by atoms with E-state index in [1.54, 1.807) is 0 Å². The van der Waals surface area contributed by atoms with Crippen LogP contribution < -0.4 is 11.1 Å². The van der Waals surface area contributed by atoms with E-state index in [0.29, 0.717) is 18.0 Å². The van der Waals surface area contributed by atoms with Gasteiger partial charge in [0.15, 0.2) is 5.69 Å². The van der Waals surface area contributed by atoms with Crippen molar-refractivity contribution in [1.29, 1.82) is 0 Å². The molecule has 1 heterocycles. The lowest BCUT2D eigenvalue weighted by Crippen LogP contribution is -2.49. The second-order valence-corrected chi connectivity index (χ2v) is 9.67. The predicted octanol–water partition coefficient (Wildman–Crippen LogP) is 4.25. The van der Waals surface area contributed by atoms with Gasteiger partial charge in [0.2, 0.25) is 5.89 Å². The lowest BCUT2D eigenvalue weighted by atomic mass is 9.61. The van der Waals surface area contributed by atoms with Gasteiger partial charge in [0.05, 0.1) is 6.04 Å². The van der Waals surface area contributed by atoms with E-state index in [4.69, 9.17) is 10.2 Å². The zero-order valence-electron chi connectivity index (χ0n) is 17.1. The monoisotopic (exact) mass is 393 g/mol. The van der Waals surface area contributed by atoms with Crippen LogP contribution in [-0.4, -0.2) is 16.9 Å². The lowest BCUT2D eigenvalue weighted by molar-refractivity contribution is 0.0519. The average Bonchev–Trinajstić information content (AvgIpc) is 3.27. The quantitative estimate of drug-likeness (QED) is 0.769. The topological polar surface area (TPSA) is 81.2 Å². The molecular formula is C24H31N3O2. The van der Waals surface area contributed by atoms with Crippen LogP contribution in [0.4, 0.5) is 0 Å². The van der Waals surface area contributed by atoms with Crippen LogP contribution in [-0.2, 0) is 6.42 Å². The third-order valence-electron chi connectivity index (χ3n) is 7.98. The SMILES string of the molecule is CC(NC(=O)c1coc(C(N)Cc2ccccc2)n1)C12CCC3CC(CC1C3)C2. The van der Waals surface area contributed by atoms with Crippen LogP contribution in [0.2, 0.25) is 0 Å². The molecule has 6 atom stereocenters. The minimum atomic E-state index is -0.362. The molecule has 154 valence electrons. The van der Waals surface area contributed by atoms with Crippen LogP contribution in [0.5, 0.6) is 0 Å². The van der Waals surface area contributed by atoms with Gasteiger partial charge >= 0.3 is 0 Å². The molecule has 1 amide bonds. The number of carbonyl (C=O) groups excluding carboxylic acids is 1. The zero-order chi connectivity index (χ0) is 20.0. The van der Waals surface area contributed by atoms with E-state index < -0.39 is 0 Å². The molecule has 0 spiro atoms. The number of oxazole rings is 1. The number of fused-ring (bicyclic) bond motifs is 2. The first kappa shape index (κ1) is 18.9. The number of nitrogens with two attached hydrogens (primary N) is 1. The number of hydrogen-bond donors (Lipinski definition) is 2. The van der Waals surface area contributed by atoms with Gasteiger partial charge in [-0.05, 0) is 80.6 Å². The summed E-state index contributed by atoms with van der Waals surface area (Å²) in [5.74, 6) is 2.86. The summed E-state index contributed by atoms with van der Waals surface area (Å²) < 4.78 is 5.56. The molecule has 5 rings (SSSR count). The summed E-state index contributed by atoms with van der Waals surface area (Å²) >= 11 is 0. The van der Waals surface area contributed by atoms with Gasteiger partial charge in [0.25, 0.3) is 5.91 Å². The van der Waals surface area contributed by atoms with Crippen molar-refractivity contribution in [2.45, 2.75) is 64.0 Å². The number of benzene rings is 1. The fourth-order valence-electron chi connectivity index (χ4n) is 6.60. The summed E-state index contributed by atoms with van der Waals surface area (Å²) in [4.78, 5) is 17.3. The largest absolute Gasteiger partial charge is 0.446 e. The van der Waals surface area contributed by atoms with Crippen molar-refractivity contribution in [3.05, 3.63) is 53.7 Å². The maximum atomic E-state index is 12.9. The molecule has 3 aliphatic carbocycles. The Hall–Kier alpha value is -2.14. The fourth-order valence-corrected chi connectivity index (χ4v) is 6.60. The number of rotatable bonds is 6. The normalized spacial score (nSPS) is 32.1. The Balaban J connectivity index is 1.25. The number of aromatic nitrogens is 1. The number of carbonyl (C=O) groups is 1. The van der Waals surface area contributed by atoms with Gasteiger partial charge in [-0.1, -0.05) is 30.3 Å². The first-order valence-electron chi connectivity index (χ1n) is 11.1. The Morgan fingerprint density at radius 2 is 2.07 bits per heavy atom. The Bertz CT molecular complexity index is 879. The summed E-state index contributed by atoms with van der Waals surface area (Å²) in [6.07, 6.45) is 10.1. The first-order chi connectivity index (χ1) is 14.0. The van der Waals surface area contributed by atoms with Crippen LogP contribution >= 0.6 is 0 Å². The molecule has 3 saturated carbocycles. The van der Waals surface area contributed by atoms with Crippen LogP contribution in [0.3, 0.4) is 0 Å². The van der Waals surface area contributed by atoms with Crippen LogP contribution in [0, 0.1) is 23.2 Å². The Labute approximate surface area is 172 Å². The van der Waals surface area contributed by atoms with Crippen molar-refractivity contribution >= 4 is 5.91 Å². The molecule has 5 heteroatoms. The Morgan fingerprint density at radius 3 is 2.90 bits per heavy atom. The van der Waals surface area contributed by atoms with Crippen LogP contribution in [0.1, 0.15) is 73.4 Å². The molecule has 3 fully saturated rings. The van der Waals surface area contributed by atoms with Crippen molar-refractivity contribution in [2.24, 2.45) is 28.9 Å². The van der Waals surface area contributed by atoms with Gasteiger partial charge in [0, 0.05) is 6.04 Å². The van der Waals surface area contributed by atoms with Crippen LogP contribution in [0.15, 0.2) is 41.0 Å². The van der Waals surface area contributed by atoms with E-state index in [0.717, 1.165) is 23.3 Å². The van der Waals surface area contributed by atoms with Crippen molar-refractivity contribution in [1.82, 2.24) is 10.3 Å². The molecular weight excluding hydrogens is 362 g/mol. The van der Waals surface area contributed by atoms with Crippen molar-refractivity contribution < 1.29 is 9.21 Å². The van der Waals surface area contributed by atoms with E-state index in [-0.39, 0.29) is 23.4 Å². The highest BCUT2D eigenvalue weighted by atomic mass is 16.3. The summed E-state index contributed by atoms with van der Waals surface area (Å²) in [7, 11) is 0. The molecule has 0 saturated heterocycles. The molecule has 3 N–H and O–H groups in total. The molecule has 3 bridgehead atoms. The zero-order valence-corrected chi connectivity index (χ0v) is 17.1. The van der Waals surface area contributed by atoms with E-state index in [1.165, 1.54) is 44.8 Å². The van der Waals surface area contributed by atoms with E-state index >= 15 is 0 Å². The molecule has 29 heavy (non-hydrogen) atoms. The number of nitrogens with zero attached hydrogens (tertiary/aromatic N) is 1. The highest BCUT2D eigenvalue weighted by molar-refractivity contribution is 5.92. The number of amides is 1. The summed E-state index contributed by atoms with van der Waals surface area (Å²) in [6.45, 7) is 2.20. The maximum absolute atomic E-state index is 12.9. The highest BCUT2D eigenvalue weighted by Gasteiger charge is 2.56. The van der Waals surface area contributed by atoms with E-state index in [2.05, 4.69) is 17.2 Å². The molecule has 6 unspecified atom stereocenters. The van der Waals surface area contributed by atoms with Gasteiger partial charge in [-0.15, -0.1) is 0 Å². The van der Waals surface area contributed by atoms with Gasteiger partial charge in [-0.3, -0.25) is 4.79 Å². The van der Waals surface area contributed by atoms with Crippen molar-refractivity contribution in [3.8, 4) is 0 Å². The minimum Gasteiger partial charge on any atom is -0.446 e. The van der Waals surface area contributed by atoms with Gasteiger partial charge in [-0.2, -0.15) is 0 Å². The second kappa shape index (κ2) is 7.28. The smallest absolute Gasteiger partial charge is 0.273 e. The van der Waals surface area contributed by atoms with Gasteiger partial charge in [-0.25, -0.2) is 4.98 Å². The first-order valence-corrected chi connectivity index (χ1v) is 11.1. The highest BCUT2D eigenvalue weighted by Crippen LogP contribution is 2.63. The molecule has 2 aromatic rings. The molecule has 5 nitrogen and oxygen atoms in total. The number of nitrogens with one attached hydrogen (secondary N) is 1. The van der Waals surface area contributed by atoms with Crippen LogP contribution in [0.25, 0.3) is 0 Å². The molecule has 3 aliphatic rings. The fraction of sp³-hybridized carbons (Fsp3) is 0.583. The predicted molar refractivity (Wildman–Crippen MR) is 111 cm³/mol. The molecule has 0 aliphatic heterocycles. The van der Waals surface area contributed by atoms with E-state index in [1.807, 2.05) is 30.3 Å². The van der Waals surface area contributed by atoms with Crippen molar-refractivity contribution in [3.63, 3.8) is 0 Å². The summed E-state index contributed by atoms with van der Waals surface area (Å²) in [5.41, 5.74) is 8.00. The average molecular weight is 394 g/mol. The third-order valence-corrected chi connectivity index (χ3v) is 7.98. The third kappa shape index (κ3) is 3.39. The standard InChI is InChI=1S/C24H31N3O2/c1-15(24-8-7-17-9-18(13-24)11-19(24)10-17)26-22(28)21-14-29-23(27-21)20(25)12-16-5-3-2-4-6-16/h2-6,14-15,17-20H,7-13,25H2,1H3,(H,26,28). The number of hydrogen-bond acceptors (Lipinski definition) is 4. The lowest BCUT2D eigenvalue weighted by Gasteiger charge is -2.46. The second-order valence-electron chi connectivity index (χ2n) is 9.67. The minimum absolute atomic E-state index is 0.141. The van der Waals surface area contributed by atoms with Crippen molar-refractivity contribution in [2.75, 3.05) is 0 Å². The van der Waals surface area contributed by atoms with E-state index in [9.17, 15) is 4.79 Å². The Morgan fingerprint density at radius 1 is 1.28 bits per heavy atom. The summed E-state index contributed by atoms with van der Waals surface area (Å²) in [6, 6.07) is 9.83. The van der Waals surface area contributed by atoms with Gasteiger partial charge < -0.3 is 15.5 Å². The van der Waals surface area contributed by atoms with Gasteiger partial charge in [0.1, 0.15) is 6.26 Å². The Kier molecular flexibility index (Phi) is 4.73.